The molecular formula is C11H11BN6O3. The van der Waals surface area contributed by atoms with E-state index in [1.54, 1.807) is 10.9 Å². The maximum atomic E-state index is 10.1. The van der Waals surface area contributed by atoms with E-state index in [1.807, 2.05) is 0 Å². The second-order valence-corrected chi connectivity index (χ2v) is 5.19. The Balaban J connectivity index is 1.68. The number of rotatable bonds is 2. The van der Waals surface area contributed by atoms with E-state index in [2.05, 4.69) is 21.0 Å². The van der Waals surface area contributed by atoms with Crippen LogP contribution in [0.2, 0.25) is 0 Å². The molecule has 0 aliphatic carbocycles. The van der Waals surface area contributed by atoms with Crippen LogP contribution in [0.5, 0.6) is 0 Å². The number of imidazole rings is 1. The van der Waals surface area contributed by atoms with Crippen LogP contribution in [0.3, 0.4) is 0 Å². The molecule has 2 aromatic rings. The number of fused-ring (bicyclic) bond motifs is 1. The van der Waals surface area contributed by atoms with E-state index < -0.39 is 23.9 Å². The maximum absolute atomic E-state index is 10.1. The third kappa shape index (κ3) is 1.72. The summed E-state index contributed by atoms with van der Waals surface area (Å²) in [5, 5.41) is 19.3. The van der Waals surface area contributed by atoms with Gasteiger partial charge in [0.25, 0.3) is 0 Å². The van der Waals surface area contributed by atoms with Gasteiger partial charge in [-0.25, -0.2) is 15.0 Å². The first-order chi connectivity index (χ1) is 10.1. The average molecular weight is 286 g/mol. The van der Waals surface area contributed by atoms with Crippen molar-refractivity contribution in [2.45, 2.75) is 30.4 Å². The molecule has 1 unspecified atom stereocenters. The first kappa shape index (κ1) is 12.5. The van der Waals surface area contributed by atoms with Gasteiger partial charge in [0.2, 0.25) is 0 Å². The van der Waals surface area contributed by atoms with Gasteiger partial charge in [0.05, 0.1) is 18.5 Å². The van der Waals surface area contributed by atoms with E-state index in [4.69, 9.17) is 20.4 Å². The van der Waals surface area contributed by atoms with Gasteiger partial charge in [0.1, 0.15) is 24.2 Å². The molecule has 2 aliphatic heterocycles. The van der Waals surface area contributed by atoms with Gasteiger partial charge in [-0.1, -0.05) is 0 Å². The van der Waals surface area contributed by atoms with Crippen molar-refractivity contribution in [2.24, 2.45) is 0 Å². The van der Waals surface area contributed by atoms with Gasteiger partial charge in [-0.05, 0) is 0 Å². The van der Waals surface area contributed by atoms with Crippen LogP contribution in [-0.4, -0.2) is 49.8 Å². The van der Waals surface area contributed by atoms with Gasteiger partial charge in [0, 0.05) is 6.42 Å². The van der Waals surface area contributed by atoms with Gasteiger partial charge < -0.3 is 20.2 Å². The minimum atomic E-state index is -1.03. The second-order valence-electron chi connectivity index (χ2n) is 5.19. The van der Waals surface area contributed by atoms with E-state index in [0.717, 1.165) is 0 Å². The van der Waals surface area contributed by atoms with Crippen molar-refractivity contribution in [3.8, 4) is 6.07 Å². The van der Waals surface area contributed by atoms with Crippen LogP contribution in [0.15, 0.2) is 12.7 Å². The van der Waals surface area contributed by atoms with Crippen LogP contribution >= 0.6 is 0 Å². The van der Waals surface area contributed by atoms with Gasteiger partial charge in [-0.15, -0.1) is 0 Å². The average Bonchev–Trinajstić information content (AvgIpc) is 2.99. The number of aromatic nitrogens is 4. The Morgan fingerprint density at radius 2 is 2.33 bits per heavy atom. The number of nitriles is 1. The smallest absolute Gasteiger partial charge is 0.329 e. The lowest BCUT2D eigenvalue weighted by molar-refractivity contribution is -0.0447. The standard InChI is InChI=1S/C11H11BN6O3/c13-2-11(12-21-11)8-5(19)1-6(20-8)18-4-17-7-9(14)15-3-16-10(7)18/h3-6,8,12,19H,1H2,(H2,14,15,16)/t5-,6+,8-,11?/m0/s1. The third-order valence-electron chi connectivity index (χ3n) is 3.90. The molecule has 2 aliphatic rings. The lowest BCUT2D eigenvalue weighted by atomic mass is 9.82. The monoisotopic (exact) mass is 286 g/mol. The van der Waals surface area contributed by atoms with E-state index in [0.29, 0.717) is 17.6 Å². The molecule has 0 saturated carbocycles. The van der Waals surface area contributed by atoms with Crippen LogP contribution in [0.4, 0.5) is 5.82 Å². The fourth-order valence-corrected chi connectivity index (χ4v) is 2.70. The van der Waals surface area contributed by atoms with Crippen molar-refractivity contribution < 1.29 is 14.5 Å². The van der Waals surface area contributed by atoms with Gasteiger partial charge in [-0.3, -0.25) is 4.57 Å². The summed E-state index contributed by atoms with van der Waals surface area (Å²) in [4.78, 5) is 12.2. The Hall–Kier alpha value is -2.22. The Morgan fingerprint density at radius 1 is 1.52 bits per heavy atom. The van der Waals surface area contributed by atoms with Crippen molar-refractivity contribution in [1.82, 2.24) is 19.5 Å². The molecule has 9 nitrogen and oxygen atoms in total. The summed E-state index contributed by atoms with van der Waals surface area (Å²) in [5.74, 6) is 0.285. The number of nitrogens with zero attached hydrogens (tertiary/aromatic N) is 5. The molecule has 0 aromatic carbocycles. The van der Waals surface area contributed by atoms with Crippen LogP contribution in [-0.2, 0) is 9.39 Å². The molecule has 2 saturated heterocycles. The number of aliphatic hydroxyl groups is 1. The molecule has 2 fully saturated rings. The zero-order valence-corrected chi connectivity index (χ0v) is 10.9. The largest absolute Gasteiger partial charge is 0.420 e. The quantitative estimate of drug-likeness (QED) is 0.511. The molecule has 106 valence electrons. The van der Waals surface area contributed by atoms with E-state index in [9.17, 15) is 5.11 Å². The SMILES string of the molecule is N#CC1([C@H]2O[C@@H](n3cnc4c(N)ncnc43)C[C@@H]2O)BO1. The normalized spacial score (nSPS) is 34.6. The first-order valence-corrected chi connectivity index (χ1v) is 6.46. The summed E-state index contributed by atoms with van der Waals surface area (Å²) in [6.45, 7) is 0. The van der Waals surface area contributed by atoms with Gasteiger partial charge >= 0.3 is 7.48 Å². The molecule has 21 heavy (non-hydrogen) atoms. The second kappa shape index (κ2) is 4.14. The summed E-state index contributed by atoms with van der Waals surface area (Å²) >= 11 is 0. The number of nitrogen functional groups attached to an aromatic ring is 1. The maximum Gasteiger partial charge on any atom is 0.329 e. The zero-order valence-electron chi connectivity index (χ0n) is 10.9. The van der Waals surface area contributed by atoms with Crippen LogP contribution in [0, 0.1) is 11.3 Å². The number of nitrogens with two attached hydrogens (primary N) is 1. The highest BCUT2D eigenvalue weighted by molar-refractivity contribution is 6.44. The zero-order chi connectivity index (χ0) is 14.6. The Kier molecular flexibility index (Phi) is 2.47. The van der Waals surface area contributed by atoms with E-state index >= 15 is 0 Å². The van der Waals surface area contributed by atoms with E-state index in [1.165, 1.54) is 6.33 Å². The minimum absolute atomic E-state index is 0.276. The molecule has 0 radical (unpaired) electrons. The van der Waals surface area contributed by atoms with Crippen LogP contribution in [0.25, 0.3) is 11.2 Å². The molecule has 4 atom stereocenters. The van der Waals surface area contributed by atoms with Crippen LogP contribution in [0.1, 0.15) is 12.6 Å². The first-order valence-electron chi connectivity index (χ1n) is 6.46. The van der Waals surface area contributed by atoms with Crippen molar-refractivity contribution >= 4 is 24.5 Å². The van der Waals surface area contributed by atoms with Crippen molar-refractivity contribution in [2.75, 3.05) is 5.73 Å². The molecule has 10 heteroatoms. The summed E-state index contributed by atoms with van der Waals surface area (Å²) in [6.07, 6.45) is 1.28. The van der Waals surface area contributed by atoms with Crippen LogP contribution < -0.4 is 5.73 Å². The Morgan fingerprint density at radius 3 is 3.05 bits per heavy atom. The lowest BCUT2D eigenvalue weighted by Crippen LogP contribution is -2.37. The third-order valence-corrected chi connectivity index (χ3v) is 3.90. The minimum Gasteiger partial charge on any atom is -0.420 e. The summed E-state index contributed by atoms with van der Waals surface area (Å²) in [7, 11) is 0.276. The number of hydrogen-bond acceptors (Lipinski definition) is 8. The molecule has 4 rings (SSSR count). The fraction of sp³-hybridized carbons (Fsp3) is 0.455. The highest BCUT2D eigenvalue weighted by Crippen LogP contribution is 2.41. The highest BCUT2D eigenvalue weighted by Gasteiger charge is 2.60. The molecule has 3 N–H and O–H groups in total. The fourth-order valence-electron chi connectivity index (χ4n) is 2.70. The van der Waals surface area contributed by atoms with Gasteiger partial charge in [-0.2, -0.15) is 5.26 Å². The summed E-state index contributed by atoms with van der Waals surface area (Å²) in [5.41, 5.74) is 5.73. The lowest BCUT2D eigenvalue weighted by Gasteiger charge is -2.18. The topological polar surface area (TPSA) is 135 Å². The molecule has 0 bridgehead atoms. The Bertz CT molecular complexity index is 754. The molecule has 0 amide bonds. The van der Waals surface area contributed by atoms with E-state index in [-0.39, 0.29) is 13.3 Å². The Labute approximate surface area is 119 Å². The molecular weight excluding hydrogens is 275 g/mol. The number of aliphatic hydroxyl groups excluding tert-OH is 1. The number of hydrogen-bond donors (Lipinski definition) is 2. The summed E-state index contributed by atoms with van der Waals surface area (Å²) < 4.78 is 12.6. The molecule has 4 heterocycles. The van der Waals surface area contributed by atoms with Gasteiger partial charge in [0.15, 0.2) is 17.0 Å². The predicted molar refractivity (Wildman–Crippen MR) is 70.8 cm³/mol. The van der Waals surface area contributed by atoms with Crippen molar-refractivity contribution in [3.63, 3.8) is 0 Å². The predicted octanol–water partition coefficient (Wildman–Crippen LogP) is -1.34. The number of ether oxygens (including phenoxy) is 1. The molecule has 0 spiro atoms. The molecule has 2 aromatic heterocycles. The summed E-state index contributed by atoms with van der Waals surface area (Å²) in [6, 6.07) is 2.06. The van der Waals surface area contributed by atoms with Crippen molar-refractivity contribution in [3.05, 3.63) is 12.7 Å². The highest BCUT2D eigenvalue weighted by atomic mass is 16.6. The van der Waals surface area contributed by atoms with Crippen molar-refractivity contribution in [1.29, 1.82) is 5.26 Å². The number of anilines is 1.